The summed E-state index contributed by atoms with van der Waals surface area (Å²) in [5.74, 6) is 3.13. The van der Waals surface area contributed by atoms with E-state index in [4.69, 9.17) is 0 Å². The van der Waals surface area contributed by atoms with E-state index in [1.807, 2.05) is 0 Å². The fraction of sp³-hybridized carbons (Fsp3) is 0.923. The van der Waals surface area contributed by atoms with Crippen molar-refractivity contribution in [3.05, 3.63) is 0 Å². The number of rotatable bonds is 3. The second-order valence-corrected chi connectivity index (χ2v) is 5.86. The van der Waals surface area contributed by atoms with Crippen LogP contribution in [0.2, 0.25) is 0 Å². The van der Waals surface area contributed by atoms with E-state index < -0.39 is 0 Å². The van der Waals surface area contributed by atoms with E-state index in [-0.39, 0.29) is 0 Å². The number of fused-ring (bicyclic) bond motifs is 1. The molecule has 3 fully saturated rings. The summed E-state index contributed by atoms with van der Waals surface area (Å²) >= 11 is 0. The molecule has 3 saturated carbocycles. The Morgan fingerprint density at radius 3 is 3.07 bits per heavy atom. The fourth-order valence-electron chi connectivity index (χ4n) is 4.63. The quantitative estimate of drug-likeness (QED) is 0.628. The van der Waals surface area contributed by atoms with Crippen LogP contribution in [0.5, 0.6) is 0 Å². The zero-order valence-electron chi connectivity index (χ0n) is 8.87. The van der Waals surface area contributed by atoms with Gasteiger partial charge in [-0.2, -0.15) is 0 Å². The van der Waals surface area contributed by atoms with Crippen LogP contribution >= 0.6 is 0 Å². The minimum atomic E-state index is 0.641. The summed E-state index contributed by atoms with van der Waals surface area (Å²) in [6, 6.07) is 0. The van der Waals surface area contributed by atoms with E-state index in [9.17, 15) is 4.79 Å². The third kappa shape index (κ3) is 1.11. The SMILES string of the molecule is O=CCCC12CCC3CCC(C1)C2C3. The average Bonchev–Trinajstić information content (AvgIpc) is 2.16. The van der Waals surface area contributed by atoms with Gasteiger partial charge in [0.2, 0.25) is 0 Å². The van der Waals surface area contributed by atoms with Crippen LogP contribution in [-0.4, -0.2) is 6.29 Å². The van der Waals surface area contributed by atoms with Crippen molar-refractivity contribution >= 4 is 6.29 Å². The zero-order valence-corrected chi connectivity index (χ0v) is 8.87. The zero-order chi connectivity index (χ0) is 9.60. The van der Waals surface area contributed by atoms with E-state index in [2.05, 4.69) is 0 Å². The van der Waals surface area contributed by atoms with E-state index >= 15 is 0 Å². The summed E-state index contributed by atoms with van der Waals surface area (Å²) in [6.45, 7) is 0. The van der Waals surface area contributed by atoms with Crippen LogP contribution in [0.1, 0.15) is 51.4 Å². The smallest absolute Gasteiger partial charge is 0.120 e. The van der Waals surface area contributed by atoms with Gasteiger partial charge in [-0.25, -0.2) is 0 Å². The van der Waals surface area contributed by atoms with Crippen molar-refractivity contribution < 1.29 is 4.79 Å². The first-order valence-electron chi connectivity index (χ1n) is 6.28. The predicted molar refractivity (Wildman–Crippen MR) is 55.9 cm³/mol. The van der Waals surface area contributed by atoms with Gasteiger partial charge in [-0.15, -0.1) is 0 Å². The van der Waals surface area contributed by atoms with Crippen LogP contribution in [0.15, 0.2) is 0 Å². The summed E-state index contributed by atoms with van der Waals surface area (Å²) in [5, 5.41) is 0. The molecule has 1 heteroatoms. The van der Waals surface area contributed by atoms with E-state index in [0.717, 1.165) is 30.5 Å². The Morgan fingerprint density at radius 2 is 2.21 bits per heavy atom. The highest BCUT2D eigenvalue weighted by atomic mass is 16.1. The van der Waals surface area contributed by atoms with Gasteiger partial charge in [0, 0.05) is 6.42 Å². The molecule has 0 heterocycles. The first-order valence-corrected chi connectivity index (χ1v) is 6.28. The molecule has 0 aromatic heterocycles. The molecule has 0 N–H and O–H groups in total. The molecule has 3 rings (SSSR count). The topological polar surface area (TPSA) is 17.1 Å². The molecule has 0 radical (unpaired) electrons. The van der Waals surface area contributed by atoms with Gasteiger partial charge in [0.15, 0.2) is 0 Å². The molecule has 0 saturated heterocycles. The highest BCUT2D eigenvalue weighted by Gasteiger charge is 2.56. The van der Waals surface area contributed by atoms with Crippen LogP contribution < -0.4 is 0 Å². The minimum Gasteiger partial charge on any atom is -0.303 e. The Hall–Kier alpha value is -0.330. The molecule has 4 atom stereocenters. The van der Waals surface area contributed by atoms with Crippen molar-refractivity contribution in [1.29, 1.82) is 0 Å². The first-order chi connectivity index (χ1) is 6.84. The van der Waals surface area contributed by atoms with E-state index in [1.165, 1.54) is 44.9 Å². The van der Waals surface area contributed by atoms with Crippen molar-refractivity contribution in [3.63, 3.8) is 0 Å². The lowest BCUT2D eigenvalue weighted by Crippen LogP contribution is -2.53. The van der Waals surface area contributed by atoms with E-state index in [0.29, 0.717) is 5.41 Å². The van der Waals surface area contributed by atoms with Gasteiger partial charge in [-0.05, 0) is 61.7 Å². The number of aldehydes is 1. The highest BCUT2D eigenvalue weighted by molar-refractivity contribution is 5.49. The van der Waals surface area contributed by atoms with E-state index in [1.54, 1.807) is 0 Å². The molecular weight excluding hydrogens is 172 g/mol. The molecule has 14 heavy (non-hydrogen) atoms. The summed E-state index contributed by atoms with van der Waals surface area (Å²) < 4.78 is 0. The normalized spacial score (nSPS) is 49.6. The molecule has 0 aromatic carbocycles. The van der Waals surface area contributed by atoms with Gasteiger partial charge in [-0.1, -0.05) is 6.42 Å². The number of carbonyl (C=O) groups excluding carboxylic acids is 1. The molecule has 0 spiro atoms. The molecule has 4 unspecified atom stereocenters. The number of hydrogen-bond donors (Lipinski definition) is 0. The van der Waals surface area contributed by atoms with Crippen molar-refractivity contribution in [2.45, 2.75) is 51.4 Å². The molecule has 3 aliphatic carbocycles. The van der Waals surface area contributed by atoms with Crippen molar-refractivity contribution in [2.75, 3.05) is 0 Å². The van der Waals surface area contributed by atoms with Gasteiger partial charge in [0.25, 0.3) is 0 Å². The second-order valence-electron chi connectivity index (χ2n) is 5.86. The second kappa shape index (κ2) is 3.08. The van der Waals surface area contributed by atoms with Crippen LogP contribution in [0.4, 0.5) is 0 Å². The maximum atomic E-state index is 10.5. The summed E-state index contributed by atoms with van der Waals surface area (Å²) in [6.07, 6.45) is 12.0. The average molecular weight is 192 g/mol. The lowest BCUT2D eigenvalue weighted by atomic mass is 9.42. The molecule has 78 valence electrons. The molecule has 0 aromatic rings. The largest absolute Gasteiger partial charge is 0.303 e. The Labute approximate surface area is 86.3 Å². The molecule has 0 aliphatic heterocycles. The summed E-state index contributed by atoms with van der Waals surface area (Å²) in [7, 11) is 0. The predicted octanol–water partition coefficient (Wildman–Crippen LogP) is 3.18. The maximum absolute atomic E-state index is 10.5. The summed E-state index contributed by atoms with van der Waals surface area (Å²) in [5.41, 5.74) is 0.641. The number of hydrogen-bond acceptors (Lipinski definition) is 1. The number of carbonyl (C=O) groups is 1. The lowest BCUT2D eigenvalue weighted by molar-refractivity contribution is -0.133. The van der Waals surface area contributed by atoms with Gasteiger partial charge >= 0.3 is 0 Å². The van der Waals surface area contributed by atoms with Crippen LogP contribution in [0, 0.1) is 23.2 Å². The molecule has 3 aliphatic rings. The Bertz CT molecular complexity index is 244. The summed E-state index contributed by atoms with van der Waals surface area (Å²) in [4.78, 5) is 10.5. The Balaban J connectivity index is 1.73. The Kier molecular flexibility index (Phi) is 1.97. The van der Waals surface area contributed by atoms with Gasteiger partial charge < -0.3 is 4.79 Å². The van der Waals surface area contributed by atoms with Gasteiger partial charge in [0.1, 0.15) is 6.29 Å². The monoisotopic (exact) mass is 192 g/mol. The Morgan fingerprint density at radius 1 is 1.29 bits per heavy atom. The molecular formula is C13H20O. The van der Waals surface area contributed by atoms with Crippen LogP contribution in [0.25, 0.3) is 0 Å². The van der Waals surface area contributed by atoms with Crippen LogP contribution in [0.3, 0.4) is 0 Å². The molecule has 2 bridgehead atoms. The first kappa shape index (κ1) is 8.94. The van der Waals surface area contributed by atoms with Gasteiger partial charge in [-0.3, -0.25) is 0 Å². The third-order valence-electron chi connectivity index (χ3n) is 5.37. The minimum absolute atomic E-state index is 0.641. The highest BCUT2D eigenvalue weighted by Crippen LogP contribution is 2.66. The third-order valence-corrected chi connectivity index (χ3v) is 5.37. The lowest BCUT2D eigenvalue weighted by Gasteiger charge is -2.63. The molecule has 1 nitrogen and oxygen atoms in total. The van der Waals surface area contributed by atoms with Crippen molar-refractivity contribution in [1.82, 2.24) is 0 Å². The van der Waals surface area contributed by atoms with Crippen molar-refractivity contribution in [3.8, 4) is 0 Å². The fourth-order valence-corrected chi connectivity index (χ4v) is 4.63. The maximum Gasteiger partial charge on any atom is 0.120 e. The van der Waals surface area contributed by atoms with Crippen molar-refractivity contribution in [2.24, 2.45) is 23.2 Å². The van der Waals surface area contributed by atoms with Crippen LogP contribution in [-0.2, 0) is 4.79 Å². The standard InChI is InChI=1S/C13H20O/c14-7-1-5-13-6-4-10-2-3-11(9-13)12(13)8-10/h7,10-12H,1-6,8-9H2. The van der Waals surface area contributed by atoms with Gasteiger partial charge in [0.05, 0.1) is 0 Å². The molecule has 0 amide bonds.